The summed E-state index contributed by atoms with van der Waals surface area (Å²) in [5.41, 5.74) is 0. The third-order valence-electron chi connectivity index (χ3n) is 4.06. The van der Waals surface area contributed by atoms with Crippen molar-refractivity contribution in [3.8, 4) is 0 Å². The first-order chi connectivity index (χ1) is 8.38. The van der Waals surface area contributed by atoms with E-state index in [1.54, 1.807) is 0 Å². The Hall–Kier alpha value is -0.370. The van der Waals surface area contributed by atoms with Gasteiger partial charge < -0.3 is 4.74 Å². The van der Waals surface area contributed by atoms with Gasteiger partial charge in [0.2, 0.25) is 0 Å². The molecular formula is C15H26O2. The summed E-state index contributed by atoms with van der Waals surface area (Å²) in [6, 6.07) is 0. The van der Waals surface area contributed by atoms with Crippen LogP contribution in [0.2, 0.25) is 0 Å². The zero-order valence-electron chi connectivity index (χ0n) is 11.0. The third kappa shape index (κ3) is 4.79. The molecule has 2 unspecified atom stereocenters. The van der Waals surface area contributed by atoms with Crippen LogP contribution in [0.3, 0.4) is 0 Å². The summed E-state index contributed by atoms with van der Waals surface area (Å²) in [6.07, 6.45) is 15.2. The number of Topliss-reactive ketones (excluding diaryl/α,β-unsaturated/α-hetero) is 1. The lowest BCUT2D eigenvalue weighted by Gasteiger charge is -2.01. The van der Waals surface area contributed by atoms with Gasteiger partial charge in [-0.25, -0.2) is 0 Å². The minimum absolute atomic E-state index is 0.0138. The van der Waals surface area contributed by atoms with E-state index in [2.05, 4.69) is 0 Å². The molecule has 0 bridgehead atoms. The Labute approximate surface area is 105 Å². The Morgan fingerprint density at radius 3 is 1.94 bits per heavy atom. The van der Waals surface area contributed by atoms with Crippen molar-refractivity contribution in [2.75, 3.05) is 0 Å². The van der Waals surface area contributed by atoms with Crippen LogP contribution in [0.15, 0.2) is 0 Å². The first kappa shape index (κ1) is 13.1. The predicted molar refractivity (Wildman–Crippen MR) is 69.1 cm³/mol. The molecular weight excluding hydrogens is 212 g/mol. The first-order valence-corrected chi connectivity index (χ1v) is 7.56. The number of hydrogen-bond donors (Lipinski definition) is 0. The van der Waals surface area contributed by atoms with Crippen molar-refractivity contribution in [3.63, 3.8) is 0 Å². The molecule has 1 aliphatic heterocycles. The van der Waals surface area contributed by atoms with Gasteiger partial charge in [-0.15, -0.1) is 0 Å². The van der Waals surface area contributed by atoms with Crippen molar-refractivity contribution in [3.05, 3.63) is 0 Å². The SMILES string of the molecule is O=C1CCCCCCCCCCCCC2OC12. The number of carbonyl (C=O) groups excluding carboxylic acids is 1. The van der Waals surface area contributed by atoms with E-state index in [4.69, 9.17) is 4.74 Å². The van der Waals surface area contributed by atoms with Crippen LogP contribution in [0, 0.1) is 0 Å². The van der Waals surface area contributed by atoms with Gasteiger partial charge >= 0.3 is 0 Å². The van der Waals surface area contributed by atoms with Gasteiger partial charge in [0.25, 0.3) is 0 Å². The maximum atomic E-state index is 11.8. The summed E-state index contributed by atoms with van der Waals surface area (Å²) >= 11 is 0. The molecule has 2 atom stereocenters. The fraction of sp³-hybridized carbons (Fsp3) is 0.933. The lowest BCUT2D eigenvalue weighted by molar-refractivity contribution is -0.120. The molecule has 2 rings (SSSR count). The monoisotopic (exact) mass is 238 g/mol. The number of fused-ring (bicyclic) bond motifs is 1. The van der Waals surface area contributed by atoms with E-state index < -0.39 is 0 Å². The van der Waals surface area contributed by atoms with Gasteiger partial charge in [0, 0.05) is 6.42 Å². The van der Waals surface area contributed by atoms with Crippen LogP contribution in [-0.2, 0) is 9.53 Å². The Morgan fingerprint density at radius 2 is 1.29 bits per heavy atom. The number of hydrogen-bond acceptors (Lipinski definition) is 2. The van der Waals surface area contributed by atoms with Gasteiger partial charge in [0.1, 0.15) is 6.10 Å². The third-order valence-corrected chi connectivity index (χ3v) is 4.06. The molecule has 2 heteroatoms. The van der Waals surface area contributed by atoms with Crippen molar-refractivity contribution in [1.29, 1.82) is 0 Å². The van der Waals surface area contributed by atoms with Crippen LogP contribution in [0.5, 0.6) is 0 Å². The molecule has 2 nitrogen and oxygen atoms in total. The Morgan fingerprint density at radius 1 is 0.765 bits per heavy atom. The van der Waals surface area contributed by atoms with E-state index in [9.17, 15) is 4.79 Å². The number of ether oxygens (including phenoxy) is 1. The summed E-state index contributed by atoms with van der Waals surface area (Å²) in [4.78, 5) is 11.8. The predicted octanol–water partition coefficient (Wildman–Crippen LogP) is 4.02. The Balaban J connectivity index is 1.69. The lowest BCUT2D eigenvalue weighted by Crippen LogP contribution is -2.09. The topological polar surface area (TPSA) is 29.6 Å². The molecule has 2 aliphatic rings. The van der Waals surface area contributed by atoms with Crippen LogP contribution < -0.4 is 0 Å². The maximum absolute atomic E-state index is 11.8. The molecule has 0 aromatic heterocycles. The summed E-state index contributed by atoms with van der Waals surface area (Å²) < 4.78 is 5.48. The standard InChI is InChI=1S/C15H26O2/c16-13-11-9-7-5-3-1-2-4-6-8-10-12-14-15(13)17-14/h14-15H,1-12H2. The largest absolute Gasteiger partial charge is 0.361 e. The molecule has 1 aliphatic carbocycles. The molecule has 17 heavy (non-hydrogen) atoms. The highest BCUT2D eigenvalue weighted by atomic mass is 16.6. The van der Waals surface area contributed by atoms with Crippen LogP contribution in [-0.4, -0.2) is 18.0 Å². The fourth-order valence-electron chi connectivity index (χ4n) is 2.85. The van der Waals surface area contributed by atoms with Gasteiger partial charge in [0.15, 0.2) is 5.78 Å². The minimum atomic E-state index is -0.0138. The Kier molecular flexibility index (Phi) is 5.50. The van der Waals surface area contributed by atoms with Gasteiger partial charge in [-0.2, -0.15) is 0 Å². The molecule has 0 N–H and O–H groups in total. The maximum Gasteiger partial charge on any atom is 0.164 e. The number of rotatable bonds is 0. The molecule has 1 heterocycles. The summed E-state index contributed by atoms with van der Waals surface area (Å²) in [6.45, 7) is 0. The second kappa shape index (κ2) is 7.15. The zero-order valence-corrected chi connectivity index (χ0v) is 11.0. The fourth-order valence-corrected chi connectivity index (χ4v) is 2.85. The highest BCUT2D eigenvalue weighted by Crippen LogP contribution is 2.30. The molecule has 2 fully saturated rings. The van der Waals surface area contributed by atoms with Crippen LogP contribution >= 0.6 is 0 Å². The summed E-state index contributed by atoms with van der Waals surface area (Å²) in [7, 11) is 0. The normalized spacial score (nSPS) is 33.3. The van der Waals surface area contributed by atoms with E-state index in [0.717, 1.165) is 19.3 Å². The quantitative estimate of drug-likeness (QED) is 0.597. The lowest BCUT2D eigenvalue weighted by atomic mass is 10.0. The number of epoxide rings is 1. The molecule has 1 saturated heterocycles. The van der Waals surface area contributed by atoms with Crippen molar-refractivity contribution < 1.29 is 9.53 Å². The van der Waals surface area contributed by atoms with Crippen molar-refractivity contribution in [2.45, 2.75) is 89.3 Å². The van der Waals surface area contributed by atoms with E-state index in [0.29, 0.717) is 5.78 Å². The smallest absolute Gasteiger partial charge is 0.164 e. The van der Waals surface area contributed by atoms with E-state index in [1.807, 2.05) is 0 Å². The average Bonchev–Trinajstić information content (AvgIpc) is 3.08. The summed E-state index contributed by atoms with van der Waals surface area (Å²) in [5.74, 6) is 0.366. The van der Waals surface area contributed by atoms with Crippen molar-refractivity contribution >= 4 is 5.78 Å². The van der Waals surface area contributed by atoms with Crippen LogP contribution in [0.25, 0.3) is 0 Å². The molecule has 0 spiro atoms. The number of carbonyl (C=O) groups is 1. The van der Waals surface area contributed by atoms with Gasteiger partial charge in [0.05, 0.1) is 6.10 Å². The van der Waals surface area contributed by atoms with Crippen LogP contribution in [0.1, 0.15) is 77.0 Å². The molecule has 0 radical (unpaired) electrons. The Bertz CT molecular complexity index is 237. The van der Waals surface area contributed by atoms with E-state index >= 15 is 0 Å². The van der Waals surface area contributed by atoms with E-state index in [1.165, 1.54) is 57.8 Å². The zero-order chi connectivity index (χ0) is 11.9. The van der Waals surface area contributed by atoms with Crippen LogP contribution in [0.4, 0.5) is 0 Å². The van der Waals surface area contributed by atoms with Crippen molar-refractivity contribution in [1.82, 2.24) is 0 Å². The highest BCUT2D eigenvalue weighted by Gasteiger charge is 2.43. The molecule has 98 valence electrons. The summed E-state index contributed by atoms with van der Waals surface area (Å²) in [5, 5.41) is 0. The highest BCUT2D eigenvalue weighted by molar-refractivity contribution is 5.85. The second-order valence-electron chi connectivity index (χ2n) is 5.64. The number of ketones is 1. The van der Waals surface area contributed by atoms with Gasteiger partial charge in [-0.05, 0) is 12.8 Å². The molecule has 1 saturated carbocycles. The first-order valence-electron chi connectivity index (χ1n) is 7.56. The minimum Gasteiger partial charge on any atom is -0.361 e. The molecule has 0 aromatic rings. The molecule has 0 aromatic carbocycles. The van der Waals surface area contributed by atoms with Gasteiger partial charge in [-0.1, -0.05) is 57.8 Å². The van der Waals surface area contributed by atoms with Gasteiger partial charge in [-0.3, -0.25) is 4.79 Å². The second-order valence-corrected chi connectivity index (χ2v) is 5.64. The molecule has 0 amide bonds. The average molecular weight is 238 g/mol. The van der Waals surface area contributed by atoms with E-state index in [-0.39, 0.29) is 12.2 Å². The van der Waals surface area contributed by atoms with Crippen molar-refractivity contribution in [2.24, 2.45) is 0 Å².